The van der Waals surface area contributed by atoms with E-state index in [4.69, 9.17) is 9.15 Å². The largest absolute Gasteiger partial charge is 0.497 e. The second-order valence-corrected chi connectivity index (χ2v) is 7.55. The van der Waals surface area contributed by atoms with Gasteiger partial charge < -0.3 is 19.8 Å². The van der Waals surface area contributed by atoms with Crippen molar-refractivity contribution in [1.29, 1.82) is 0 Å². The van der Waals surface area contributed by atoms with E-state index < -0.39 is 16.7 Å². The predicted octanol–water partition coefficient (Wildman–Crippen LogP) is 2.11. The minimum Gasteiger partial charge on any atom is -0.497 e. The molecule has 0 fully saturated rings. The van der Waals surface area contributed by atoms with Crippen molar-refractivity contribution in [2.75, 3.05) is 23.9 Å². The fraction of sp³-hybridized carbons (Fsp3) is 0.368. The molecule has 0 aliphatic carbocycles. The highest BCUT2D eigenvalue weighted by molar-refractivity contribution is 7.86. The van der Waals surface area contributed by atoms with Crippen molar-refractivity contribution in [3.63, 3.8) is 0 Å². The van der Waals surface area contributed by atoms with Gasteiger partial charge in [0.2, 0.25) is 11.8 Å². The summed E-state index contributed by atoms with van der Waals surface area (Å²) in [4.78, 5) is 23.9. The minimum absolute atomic E-state index is 0.0762. The SMILES string of the molecule is COc1ccc(NC(=O)CS(=O)CC(=O)NC(C)CCc2ccco2)cc1. The molecule has 0 spiro atoms. The summed E-state index contributed by atoms with van der Waals surface area (Å²) < 4.78 is 22.3. The maximum absolute atomic E-state index is 12.0. The Morgan fingerprint density at radius 1 is 1.15 bits per heavy atom. The molecule has 0 aliphatic heterocycles. The van der Waals surface area contributed by atoms with Gasteiger partial charge in [0.15, 0.2) is 0 Å². The summed E-state index contributed by atoms with van der Waals surface area (Å²) >= 11 is 0. The van der Waals surface area contributed by atoms with Crippen molar-refractivity contribution in [2.45, 2.75) is 25.8 Å². The van der Waals surface area contributed by atoms with Gasteiger partial charge in [-0.15, -0.1) is 0 Å². The number of rotatable bonds is 10. The molecule has 0 aliphatic rings. The van der Waals surface area contributed by atoms with Crippen LogP contribution in [0.5, 0.6) is 5.75 Å². The maximum Gasteiger partial charge on any atom is 0.237 e. The number of hydrogen-bond acceptors (Lipinski definition) is 5. The number of ether oxygens (including phenoxy) is 1. The second kappa shape index (κ2) is 10.5. The molecule has 1 aromatic carbocycles. The fourth-order valence-corrected chi connectivity index (χ4v) is 3.26. The van der Waals surface area contributed by atoms with Gasteiger partial charge in [-0.2, -0.15) is 0 Å². The Kier molecular flexibility index (Phi) is 8.06. The zero-order chi connectivity index (χ0) is 19.6. The van der Waals surface area contributed by atoms with Crippen LogP contribution in [0.4, 0.5) is 5.69 Å². The molecule has 0 radical (unpaired) electrons. The van der Waals surface area contributed by atoms with Gasteiger partial charge in [0, 0.05) is 28.9 Å². The van der Waals surface area contributed by atoms with E-state index in [1.54, 1.807) is 37.6 Å². The number of amides is 2. The van der Waals surface area contributed by atoms with E-state index in [9.17, 15) is 13.8 Å². The van der Waals surface area contributed by atoms with Crippen LogP contribution in [0.1, 0.15) is 19.1 Å². The van der Waals surface area contributed by atoms with Crippen LogP contribution in [0.3, 0.4) is 0 Å². The molecule has 1 aromatic heterocycles. The first-order valence-electron chi connectivity index (χ1n) is 8.57. The van der Waals surface area contributed by atoms with Gasteiger partial charge in [-0.3, -0.25) is 13.8 Å². The molecule has 0 saturated carbocycles. The van der Waals surface area contributed by atoms with Gasteiger partial charge >= 0.3 is 0 Å². The van der Waals surface area contributed by atoms with E-state index in [0.717, 1.165) is 5.76 Å². The van der Waals surface area contributed by atoms with Gasteiger partial charge in [0.25, 0.3) is 0 Å². The van der Waals surface area contributed by atoms with Crippen LogP contribution in [0, 0.1) is 0 Å². The number of anilines is 1. The fourth-order valence-electron chi connectivity index (χ4n) is 2.42. The molecule has 0 bridgehead atoms. The standard InChI is InChI=1S/C19H24N2O5S/c1-14(5-8-17-4-3-11-26-17)20-18(22)12-27(24)13-19(23)21-15-6-9-16(25-2)10-7-15/h3-4,6-7,9-11,14H,5,8,12-13H2,1-2H3,(H,20,22)(H,21,23). The summed E-state index contributed by atoms with van der Waals surface area (Å²) in [5.41, 5.74) is 0.578. The summed E-state index contributed by atoms with van der Waals surface area (Å²) in [5.74, 6) is 0.348. The first-order chi connectivity index (χ1) is 13.0. The lowest BCUT2D eigenvalue weighted by molar-refractivity contribution is -0.119. The van der Waals surface area contributed by atoms with E-state index in [1.807, 2.05) is 19.1 Å². The lowest BCUT2D eigenvalue weighted by Crippen LogP contribution is -2.37. The number of hydrogen-bond donors (Lipinski definition) is 2. The highest BCUT2D eigenvalue weighted by Crippen LogP contribution is 2.14. The monoisotopic (exact) mass is 392 g/mol. The molecule has 1 heterocycles. The van der Waals surface area contributed by atoms with Crippen LogP contribution in [-0.2, 0) is 26.8 Å². The third-order valence-corrected chi connectivity index (χ3v) is 4.94. The van der Waals surface area contributed by atoms with Crippen molar-refractivity contribution in [1.82, 2.24) is 5.32 Å². The number of carbonyl (C=O) groups excluding carboxylic acids is 2. The van der Waals surface area contributed by atoms with E-state index in [1.165, 1.54) is 0 Å². The van der Waals surface area contributed by atoms with Crippen molar-refractivity contribution < 1.29 is 23.0 Å². The molecular weight excluding hydrogens is 368 g/mol. The normalized spacial score (nSPS) is 12.8. The Balaban J connectivity index is 1.68. The summed E-state index contributed by atoms with van der Waals surface area (Å²) in [6, 6.07) is 10.4. The number of carbonyl (C=O) groups is 2. The van der Waals surface area contributed by atoms with E-state index in [0.29, 0.717) is 24.3 Å². The third-order valence-electron chi connectivity index (χ3n) is 3.77. The molecule has 27 heavy (non-hydrogen) atoms. The highest BCUT2D eigenvalue weighted by Gasteiger charge is 2.15. The summed E-state index contributed by atoms with van der Waals surface area (Å²) in [7, 11) is -0.0219. The van der Waals surface area contributed by atoms with Crippen LogP contribution in [-0.4, -0.2) is 40.7 Å². The molecule has 2 unspecified atom stereocenters. The van der Waals surface area contributed by atoms with Gasteiger partial charge in [-0.1, -0.05) is 0 Å². The zero-order valence-electron chi connectivity index (χ0n) is 15.4. The number of methoxy groups -OCH3 is 1. The van der Waals surface area contributed by atoms with E-state index in [2.05, 4.69) is 10.6 Å². The molecule has 8 heteroatoms. The average Bonchev–Trinajstić information content (AvgIpc) is 3.13. The Morgan fingerprint density at radius 2 is 1.85 bits per heavy atom. The average molecular weight is 392 g/mol. The van der Waals surface area contributed by atoms with E-state index >= 15 is 0 Å². The Labute approximate surface area is 160 Å². The first kappa shape index (κ1) is 20.7. The van der Waals surface area contributed by atoms with Crippen molar-refractivity contribution in [3.8, 4) is 5.75 Å². The molecule has 2 amide bonds. The second-order valence-electron chi connectivity index (χ2n) is 6.09. The molecule has 7 nitrogen and oxygen atoms in total. The summed E-state index contributed by atoms with van der Waals surface area (Å²) in [6.45, 7) is 1.88. The highest BCUT2D eigenvalue weighted by atomic mass is 32.2. The maximum atomic E-state index is 12.0. The third kappa shape index (κ3) is 7.65. The van der Waals surface area contributed by atoms with Gasteiger partial charge in [0.1, 0.15) is 23.0 Å². The molecular formula is C19H24N2O5S. The van der Waals surface area contributed by atoms with Crippen LogP contribution >= 0.6 is 0 Å². The smallest absolute Gasteiger partial charge is 0.237 e. The Bertz CT molecular complexity index is 759. The predicted molar refractivity (Wildman–Crippen MR) is 104 cm³/mol. The van der Waals surface area contributed by atoms with Gasteiger partial charge in [-0.25, -0.2) is 0 Å². The van der Waals surface area contributed by atoms with Crippen LogP contribution in [0.2, 0.25) is 0 Å². The van der Waals surface area contributed by atoms with Crippen LogP contribution in [0.15, 0.2) is 47.1 Å². The number of benzene rings is 1. The topological polar surface area (TPSA) is 97.6 Å². The van der Waals surface area contributed by atoms with Crippen molar-refractivity contribution >= 4 is 28.3 Å². The van der Waals surface area contributed by atoms with Crippen molar-refractivity contribution in [2.24, 2.45) is 0 Å². The van der Waals surface area contributed by atoms with Gasteiger partial charge in [0.05, 0.1) is 13.4 Å². The van der Waals surface area contributed by atoms with Crippen LogP contribution < -0.4 is 15.4 Å². The molecule has 146 valence electrons. The van der Waals surface area contributed by atoms with Gasteiger partial charge in [-0.05, 0) is 49.7 Å². The number of furan rings is 1. The Morgan fingerprint density at radius 3 is 2.48 bits per heavy atom. The quantitative estimate of drug-likeness (QED) is 0.645. The number of nitrogens with one attached hydrogen (secondary N) is 2. The minimum atomic E-state index is -1.58. The first-order valence-corrected chi connectivity index (χ1v) is 10.1. The Hall–Kier alpha value is -2.61. The summed E-state index contributed by atoms with van der Waals surface area (Å²) in [5, 5.41) is 5.43. The van der Waals surface area contributed by atoms with Crippen LogP contribution in [0.25, 0.3) is 0 Å². The number of aryl methyl sites for hydroxylation is 1. The lowest BCUT2D eigenvalue weighted by atomic mass is 10.1. The summed E-state index contributed by atoms with van der Waals surface area (Å²) in [6.07, 6.45) is 3.03. The molecule has 2 N–H and O–H groups in total. The zero-order valence-corrected chi connectivity index (χ0v) is 16.2. The lowest BCUT2D eigenvalue weighted by Gasteiger charge is -2.13. The molecule has 2 atom stereocenters. The molecule has 2 rings (SSSR count). The molecule has 2 aromatic rings. The molecule has 0 saturated heterocycles. The van der Waals surface area contributed by atoms with Crippen molar-refractivity contribution in [3.05, 3.63) is 48.4 Å². The van der Waals surface area contributed by atoms with E-state index in [-0.39, 0.29) is 23.5 Å².